The molecule has 0 heterocycles. The zero-order valence-electron chi connectivity index (χ0n) is 9.33. The van der Waals surface area contributed by atoms with Crippen LogP contribution in [0.5, 0.6) is 11.5 Å². The number of hydrogen-bond donors (Lipinski definition) is 1. The Balaban J connectivity index is 2.78. The molecule has 0 aliphatic heterocycles. The Hall–Kier alpha value is -1.43. The largest absolute Gasteiger partial charge is 0.497 e. The number of hydrogen-bond acceptors (Lipinski definition) is 3. The van der Waals surface area contributed by atoms with Gasteiger partial charge in [0.1, 0.15) is 11.5 Å². The number of nitrogens with two attached hydrogens (primary N) is 1. The van der Waals surface area contributed by atoms with Crippen molar-refractivity contribution in [2.45, 2.75) is 18.7 Å². The maximum atomic E-state index is 12.6. The Morgan fingerprint density at radius 3 is 2.47 bits per heavy atom. The van der Waals surface area contributed by atoms with Gasteiger partial charge in [-0.3, -0.25) is 0 Å². The first-order valence-electron chi connectivity index (χ1n) is 5.05. The molecule has 0 spiro atoms. The normalized spacial score (nSPS) is 13.2. The van der Waals surface area contributed by atoms with Gasteiger partial charge < -0.3 is 15.2 Å². The van der Waals surface area contributed by atoms with Crippen LogP contribution in [-0.2, 0) is 0 Å². The van der Waals surface area contributed by atoms with Crippen LogP contribution in [0, 0.1) is 0 Å². The van der Waals surface area contributed by atoms with Crippen molar-refractivity contribution in [1.82, 2.24) is 0 Å². The Morgan fingerprint density at radius 1 is 1.29 bits per heavy atom. The molecule has 1 unspecified atom stereocenters. The SMILES string of the molecule is COc1cccc(OC(CCN)C(F)(F)F)c1. The van der Waals surface area contributed by atoms with Crippen molar-refractivity contribution in [3.05, 3.63) is 24.3 Å². The van der Waals surface area contributed by atoms with Crippen LogP contribution >= 0.6 is 0 Å². The molecule has 1 atom stereocenters. The first-order chi connectivity index (χ1) is 7.97. The van der Waals surface area contributed by atoms with Crippen LogP contribution in [0.1, 0.15) is 6.42 Å². The van der Waals surface area contributed by atoms with Crippen LogP contribution in [0.3, 0.4) is 0 Å². The first kappa shape index (κ1) is 13.6. The van der Waals surface area contributed by atoms with Crippen LogP contribution in [0.4, 0.5) is 13.2 Å². The van der Waals surface area contributed by atoms with Crippen molar-refractivity contribution in [3.8, 4) is 11.5 Å². The van der Waals surface area contributed by atoms with Gasteiger partial charge in [0.05, 0.1) is 7.11 Å². The molecule has 0 amide bonds. The van der Waals surface area contributed by atoms with Crippen LogP contribution in [0.2, 0.25) is 0 Å². The molecule has 1 aromatic carbocycles. The van der Waals surface area contributed by atoms with Crippen LogP contribution < -0.4 is 15.2 Å². The summed E-state index contributed by atoms with van der Waals surface area (Å²) in [5.41, 5.74) is 5.13. The molecule has 0 aromatic heterocycles. The van der Waals surface area contributed by atoms with Gasteiger partial charge in [0, 0.05) is 12.5 Å². The van der Waals surface area contributed by atoms with Crippen LogP contribution in [0.15, 0.2) is 24.3 Å². The van der Waals surface area contributed by atoms with E-state index in [1.807, 2.05) is 0 Å². The van der Waals surface area contributed by atoms with Gasteiger partial charge in [-0.25, -0.2) is 0 Å². The minimum Gasteiger partial charge on any atom is -0.497 e. The van der Waals surface area contributed by atoms with Gasteiger partial charge in [-0.2, -0.15) is 13.2 Å². The van der Waals surface area contributed by atoms with Crippen molar-refractivity contribution in [3.63, 3.8) is 0 Å². The van der Waals surface area contributed by atoms with E-state index in [2.05, 4.69) is 0 Å². The van der Waals surface area contributed by atoms with Gasteiger partial charge in [0.25, 0.3) is 0 Å². The minimum atomic E-state index is -4.43. The van der Waals surface area contributed by atoms with E-state index in [4.69, 9.17) is 15.2 Å². The monoisotopic (exact) mass is 249 g/mol. The van der Waals surface area contributed by atoms with E-state index in [-0.39, 0.29) is 18.7 Å². The molecule has 0 aliphatic rings. The maximum Gasteiger partial charge on any atom is 0.425 e. The van der Waals surface area contributed by atoms with Gasteiger partial charge in [-0.15, -0.1) is 0 Å². The summed E-state index contributed by atoms with van der Waals surface area (Å²) in [4.78, 5) is 0. The highest BCUT2D eigenvalue weighted by atomic mass is 19.4. The number of benzene rings is 1. The van der Waals surface area contributed by atoms with Crippen molar-refractivity contribution < 1.29 is 22.6 Å². The van der Waals surface area contributed by atoms with Crippen molar-refractivity contribution >= 4 is 0 Å². The van der Waals surface area contributed by atoms with Gasteiger partial charge in [-0.05, 0) is 18.7 Å². The number of ether oxygens (including phenoxy) is 2. The summed E-state index contributed by atoms with van der Waals surface area (Å²) in [6.07, 6.45) is -6.59. The standard InChI is InChI=1S/C11H14F3NO2/c1-16-8-3-2-4-9(7-8)17-10(5-6-15)11(12,13)14/h2-4,7,10H,5-6,15H2,1H3. The molecule has 2 N–H and O–H groups in total. The van der Waals surface area contributed by atoms with Crippen molar-refractivity contribution in [1.29, 1.82) is 0 Å². The lowest BCUT2D eigenvalue weighted by molar-refractivity contribution is -0.196. The number of halogens is 3. The third kappa shape index (κ3) is 4.14. The van der Waals surface area contributed by atoms with Crippen molar-refractivity contribution in [2.75, 3.05) is 13.7 Å². The molecule has 0 aliphatic carbocycles. The summed E-state index contributed by atoms with van der Waals surface area (Å²) in [5.74, 6) is 0.552. The summed E-state index contributed by atoms with van der Waals surface area (Å²) >= 11 is 0. The zero-order valence-corrected chi connectivity index (χ0v) is 9.33. The average Bonchev–Trinajstić information content (AvgIpc) is 2.27. The smallest absolute Gasteiger partial charge is 0.425 e. The fraction of sp³-hybridized carbons (Fsp3) is 0.455. The number of alkyl halides is 3. The Morgan fingerprint density at radius 2 is 1.94 bits per heavy atom. The lowest BCUT2D eigenvalue weighted by Gasteiger charge is -2.21. The second-order valence-corrected chi connectivity index (χ2v) is 3.40. The van der Waals surface area contributed by atoms with Gasteiger partial charge in [0.15, 0.2) is 6.10 Å². The van der Waals surface area contributed by atoms with Crippen molar-refractivity contribution in [2.24, 2.45) is 5.73 Å². The minimum absolute atomic E-state index is 0.0891. The molecular weight excluding hydrogens is 235 g/mol. The van der Waals surface area contributed by atoms with E-state index in [1.165, 1.54) is 19.2 Å². The second-order valence-electron chi connectivity index (χ2n) is 3.40. The summed E-state index contributed by atoms with van der Waals surface area (Å²) in [6.45, 7) is -0.0891. The second kappa shape index (κ2) is 5.77. The summed E-state index contributed by atoms with van der Waals surface area (Å²) < 4.78 is 47.5. The maximum absolute atomic E-state index is 12.6. The third-order valence-corrected chi connectivity index (χ3v) is 2.11. The van der Waals surface area contributed by atoms with Gasteiger partial charge >= 0.3 is 6.18 Å². The van der Waals surface area contributed by atoms with E-state index in [1.54, 1.807) is 12.1 Å². The molecule has 0 saturated carbocycles. The van der Waals surface area contributed by atoms with E-state index in [9.17, 15) is 13.2 Å². The molecule has 1 aromatic rings. The molecule has 3 nitrogen and oxygen atoms in total. The quantitative estimate of drug-likeness (QED) is 0.871. The summed E-state index contributed by atoms with van der Waals surface area (Å²) in [6, 6.07) is 6.02. The topological polar surface area (TPSA) is 44.5 Å². The number of methoxy groups -OCH3 is 1. The summed E-state index contributed by atoms with van der Waals surface area (Å²) in [5, 5.41) is 0. The Kier molecular flexibility index (Phi) is 4.62. The predicted molar refractivity (Wildman–Crippen MR) is 57.1 cm³/mol. The lowest BCUT2D eigenvalue weighted by atomic mass is 10.2. The first-order valence-corrected chi connectivity index (χ1v) is 5.05. The van der Waals surface area contributed by atoms with Crippen LogP contribution in [0.25, 0.3) is 0 Å². The predicted octanol–water partition coefficient (Wildman–Crippen LogP) is 2.35. The average molecular weight is 249 g/mol. The molecule has 0 radical (unpaired) electrons. The highest BCUT2D eigenvalue weighted by Gasteiger charge is 2.41. The molecule has 0 fully saturated rings. The molecule has 0 saturated heterocycles. The highest BCUT2D eigenvalue weighted by Crippen LogP contribution is 2.28. The lowest BCUT2D eigenvalue weighted by Crippen LogP contribution is -2.36. The molecule has 0 bridgehead atoms. The molecular formula is C11H14F3NO2. The fourth-order valence-corrected chi connectivity index (χ4v) is 1.28. The van der Waals surface area contributed by atoms with E-state index < -0.39 is 12.3 Å². The van der Waals surface area contributed by atoms with Gasteiger partial charge in [0.2, 0.25) is 0 Å². The van der Waals surface area contributed by atoms with E-state index >= 15 is 0 Å². The Labute approximate surface area is 97.3 Å². The number of rotatable bonds is 5. The van der Waals surface area contributed by atoms with Crippen LogP contribution in [-0.4, -0.2) is 25.9 Å². The third-order valence-electron chi connectivity index (χ3n) is 2.11. The highest BCUT2D eigenvalue weighted by molar-refractivity contribution is 5.33. The zero-order chi connectivity index (χ0) is 12.9. The van der Waals surface area contributed by atoms with E-state index in [0.717, 1.165) is 0 Å². The molecule has 17 heavy (non-hydrogen) atoms. The van der Waals surface area contributed by atoms with Gasteiger partial charge in [-0.1, -0.05) is 6.07 Å². The molecule has 6 heteroatoms. The molecule has 96 valence electrons. The Bertz CT molecular complexity index is 355. The molecule has 1 rings (SSSR count). The fourth-order valence-electron chi connectivity index (χ4n) is 1.28. The summed E-state index contributed by atoms with van der Waals surface area (Å²) in [7, 11) is 1.43. The van der Waals surface area contributed by atoms with E-state index in [0.29, 0.717) is 5.75 Å².